The van der Waals surface area contributed by atoms with Gasteiger partial charge in [0, 0.05) is 5.69 Å². The van der Waals surface area contributed by atoms with E-state index < -0.39 is 30.3 Å². The Morgan fingerprint density at radius 3 is 2.50 bits per heavy atom. The minimum absolute atomic E-state index is 0.0762. The van der Waals surface area contributed by atoms with Crippen molar-refractivity contribution in [3.8, 4) is 0 Å². The van der Waals surface area contributed by atoms with Gasteiger partial charge >= 0.3 is 18.2 Å². The van der Waals surface area contributed by atoms with E-state index in [1.807, 2.05) is 5.32 Å². The van der Waals surface area contributed by atoms with E-state index in [1.54, 1.807) is 0 Å². The van der Waals surface area contributed by atoms with Crippen molar-refractivity contribution in [2.75, 3.05) is 11.9 Å². The summed E-state index contributed by atoms with van der Waals surface area (Å²) in [6.45, 7) is -0.620. The van der Waals surface area contributed by atoms with Crippen LogP contribution < -0.4 is 10.6 Å². The maximum Gasteiger partial charge on any atom is 0.416 e. The minimum atomic E-state index is -4.50. The Balaban J connectivity index is 2.68. The van der Waals surface area contributed by atoms with Gasteiger partial charge in [0.25, 0.3) is 0 Å². The molecular formula is C10H9F3N2O3. The van der Waals surface area contributed by atoms with Crippen LogP contribution in [0.4, 0.5) is 23.7 Å². The van der Waals surface area contributed by atoms with Crippen molar-refractivity contribution in [1.29, 1.82) is 0 Å². The van der Waals surface area contributed by atoms with Crippen LogP contribution in [0.25, 0.3) is 0 Å². The monoisotopic (exact) mass is 262 g/mol. The van der Waals surface area contributed by atoms with Gasteiger partial charge in [0.1, 0.15) is 6.54 Å². The Hall–Kier alpha value is -2.25. The van der Waals surface area contributed by atoms with E-state index in [0.29, 0.717) is 0 Å². The van der Waals surface area contributed by atoms with E-state index in [4.69, 9.17) is 5.11 Å². The lowest BCUT2D eigenvalue weighted by atomic mass is 10.2. The number of benzene rings is 1. The molecule has 1 rings (SSSR count). The molecule has 0 aliphatic heterocycles. The normalized spacial score (nSPS) is 10.8. The molecule has 0 aromatic heterocycles. The quantitative estimate of drug-likeness (QED) is 0.778. The van der Waals surface area contributed by atoms with Crippen LogP contribution in [-0.4, -0.2) is 23.7 Å². The Bertz CT molecular complexity index is 460. The SMILES string of the molecule is O=C(O)CNC(=O)Nc1cccc(C(F)(F)F)c1. The number of anilines is 1. The van der Waals surface area contributed by atoms with Crippen molar-refractivity contribution in [2.24, 2.45) is 0 Å². The van der Waals surface area contributed by atoms with E-state index in [1.165, 1.54) is 6.07 Å². The van der Waals surface area contributed by atoms with E-state index in [9.17, 15) is 22.8 Å². The summed E-state index contributed by atoms with van der Waals surface area (Å²) >= 11 is 0. The molecule has 98 valence electrons. The van der Waals surface area contributed by atoms with Crippen molar-refractivity contribution in [1.82, 2.24) is 5.32 Å². The number of carbonyl (C=O) groups is 2. The van der Waals surface area contributed by atoms with E-state index in [-0.39, 0.29) is 5.69 Å². The third kappa shape index (κ3) is 4.32. The molecule has 2 amide bonds. The first kappa shape index (κ1) is 13.8. The molecule has 0 aliphatic rings. The van der Waals surface area contributed by atoms with Crippen LogP contribution in [0.15, 0.2) is 24.3 Å². The fourth-order valence-electron chi connectivity index (χ4n) is 1.10. The van der Waals surface area contributed by atoms with Crippen molar-refractivity contribution < 1.29 is 27.9 Å². The second-order valence-electron chi connectivity index (χ2n) is 3.28. The number of hydrogen-bond donors (Lipinski definition) is 3. The van der Waals surface area contributed by atoms with Gasteiger partial charge in [-0.25, -0.2) is 4.79 Å². The smallest absolute Gasteiger partial charge is 0.416 e. The predicted molar refractivity (Wildman–Crippen MR) is 56.1 cm³/mol. The highest BCUT2D eigenvalue weighted by molar-refractivity contribution is 5.91. The topological polar surface area (TPSA) is 78.4 Å². The van der Waals surface area contributed by atoms with Crippen LogP contribution in [0, 0.1) is 0 Å². The molecule has 1 aromatic rings. The van der Waals surface area contributed by atoms with Crippen molar-refractivity contribution >= 4 is 17.7 Å². The lowest BCUT2D eigenvalue weighted by molar-refractivity contribution is -0.137. The van der Waals surface area contributed by atoms with Crippen molar-refractivity contribution in [2.45, 2.75) is 6.18 Å². The number of hydrogen-bond acceptors (Lipinski definition) is 2. The molecule has 0 radical (unpaired) electrons. The molecule has 0 atom stereocenters. The van der Waals surface area contributed by atoms with Crippen LogP contribution in [0.3, 0.4) is 0 Å². The van der Waals surface area contributed by atoms with Crippen LogP contribution in [0.2, 0.25) is 0 Å². The number of urea groups is 1. The van der Waals surface area contributed by atoms with Crippen molar-refractivity contribution in [3.63, 3.8) is 0 Å². The molecule has 0 saturated carbocycles. The average molecular weight is 262 g/mol. The van der Waals surface area contributed by atoms with Gasteiger partial charge in [-0.05, 0) is 18.2 Å². The number of rotatable bonds is 3. The summed E-state index contributed by atoms with van der Waals surface area (Å²) in [4.78, 5) is 21.3. The Labute approximate surface area is 99.6 Å². The van der Waals surface area contributed by atoms with E-state index in [2.05, 4.69) is 5.32 Å². The molecule has 0 unspecified atom stereocenters. The van der Waals surface area contributed by atoms with Gasteiger partial charge in [0.2, 0.25) is 0 Å². The number of halogens is 3. The van der Waals surface area contributed by atoms with Crippen molar-refractivity contribution in [3.05, 3.63) is 29.8 Å². The van der Waals surface area contributed by atoms with Gasteiger partial charge in [0.05, 0.1) is 5.56 Å². The zero-order valence-electron chi connectivity index (χ0n) is 8.91. The molecule has 5 nitrogen and oxygen atoms in total. The van der Waals surface area contributed by atoms with E-state index in [0.717, 1.165) is 18.2 Å². The average Bonchev–Trinajstić information content (AvgIpc) is 2.25. The largest absolute Gasteiger partial charge is 0.480 e. The fourth-order valence-corrected chi connectivity index (χ4v) is 1.10. The molecule has 0 heterocycles. The number of carboxylic acid groups (broad SMARTS) is 1. The lowest BCUT2D eigenvalue weighted by Gasteiger charge is -2.09. The van der Waals surface area contributed by atoms with Gasteiger partial charge in [-0.1, -0.05) is 6.07 Å². The number of aliphatic carboxylic acids is 1. The van der Waals surface area contributed by atoms with Crippen LogP contribution >= 0.6 is 0 Å². The maximum atomic E-state index is 12.4. The molecule has 3 N–H and O–H groups in total. The number of nitrogens with one attached hydrogen (secondary N) is 2. The number of amides is 2. The summed E-state index contributed by atoms with van der Waals surface area (Å²) in [5.41, 5.74) is -0.980. The van der Waals surface area contributed by atoms with Crippen LogP contribution in [0.1, 0.15) is 5.56 Å². The third-order valence-corrected chi connectivity index (χ3v) is 1.85. The molecule has 0 bridgehead atoms. The first-order valence-corrected chi connectivity index (χ1v) is 4.73. The zero-order chi connectivity index (χ0) is 13.8. The lowest BCUT2D eigenvalue weighted by Crippen LogP contribution is -2.33. The molecular weight excluding hydrogens is 253 g/mol. The molecule has 1 aromatic carbocycles. The molecule has 18 heavy (non-hydrogen) atoms. The van der Waals surface area contributed by atoms with Gasteiger partial charge in [-0.3, -0.25) is 4.79 Å². The summed E-state index contributed by atoms with van der Waals surface area (Å²) in [5.74, 6) is -1.26. The Kier molecular flexibility index (Phi) is 4.13. The number of alkyl halides is 3. The second kappa shape index (κ2) is 5.39. The summed E-state index contributed by atoms with van der Waals surface area (Å²) in [5, 5.41) is 12.3. The maximum absolute atomic E-state index is 12.4. The van der Waals surface area contributed by atoms with Crippen LogP contribution in [0.5, 0.6) is 0 Å². The molecule has 0 saturated heterocycles. The highest BCUT2D eigenvalue weighted by Gasteiger charge is 2.30. The fraction of sp³-hybridized carbons (Fsp3) is 0.200. The van der Waals surface area contributed by atoms with Gasteiger partial charge in [0.15, 0.2) is 0 Å². The predicted octanol–water partition coefficient (Wildman–Crippen LogP) is 1.91. The molecule has 8 heteroatoms. The minimum Gasteiger partial charge on any atom is -0.480 e. The second-order valence-corrected chi connectivity index (χ2v) is 3.28. The summed E-state index contributed by atoms with van der Waals surface area (Å²) in [7, 11) is 0. The Morgan fingerprint density at radius 2 is 1.94 bits per heavy atom. The molecule has 0 aliphatic carbocycles. The zero-order valence-corrected chi connectivity index (χ0v) is 8.91. The summed E-state index contributed by atoms with van der Waals surface area (Å²) < 4.78 is 37.1. The first-order valence-electron chi connectivity index (χ1n) is 4.73. The van der Waals surface area contributed by atoms with Crippen LogP contribution in [-0.2, 0) is 11.0 Å². The Morgan fingerprint density at radius 1 is 1.28 bits per heavy atom. The standard InChI is InChI=1S/C10H9F3N2O3/c11-10(12,13)6-2-1-3-7(4-6)15-9(18)14-5-8(16)17/h1-4H,5H2,(H,16,17)(H2,14,15,18). The summed E-state index contributed by atoms with van der Waals surface area (Å²) in [6.07, 6.45) is -4.50. The molecule has 0 spiro atoms. The molecule has 0 fully saturated rings. The summed E-state index contributed by atoms with van der Waals surface area (Å²) in [6, 6.07) is 3.11. The number of carbonyl (C=O) groups excluding carboxylic acids is 1. The highest BCUT2D eigenvalue weighted by Crippen LogP contribution is 2.30. The third-order valence-electron chi connectivity index (χ3n) is 1.85. The van der Waals surface area contributed by atoms with Gasteiger partial charge in [-0.15, -0.1) is 0 Å². The number of carboxylic acids is 1. The van der Waals surface area contributed by atoms with Gasteiger partial charge < -0.3 is 15.7 Å². The highest BCUT2D eigenvalue weighted by atomic mass is 19.4. The van der Waals surface area contributed by atoms with Gasteiger partial charge in [-0.2, -0.15) is 13.2 Å². The first-order chi connectivity index (χ1) is 8.29. The van der Waals surface area contributed by atoms with E-state index >= 15 is 0 Å².